The van der Waals surface area contributed by atoms with Crippen LogP contribution in [0.25, 0.3) is 10.8 Å². The van der Waals surface area contributed by atoms with Gasteiger partial charge >= 0.3 is 0 Å². The highest BCUT2D eigenvalue weighted by atomic mass is 19.1. The Balaban J connectivity index is 1.75. The fourth-order valence-corrected chi connectivity index (χ4v) is 4.02. The van der Waals surface area contributed by atoms with Crippen molar-refractivity contribution in [2.75, 3.05) is 0 Å². The molecule has 0 heterocycles. The largest absolute Gasteiger partial charge is 0.206 e. The van der Waals surface area contributed by atoms with Gasteiger partial charge in [-0.1, -0.05) is 43.3 Å². The van der Waals surface area contributed by atoms with E-state index >= 15 is 0 Å². The van der Waals surface area contributed by atoms with Gasteiger partial charge in [0, 0.05) is 5.39 Å². The Morgan fingerprint density at radius 3 is 2.61 bits per heavy atom. The molecule has 1 saturated carbocycles. The van der Waals surface area contributed by atoms with Crippen LogP contribution in [0, 0.1) is 11.7 Å². The first-order valence-corrected chi connectivity index (χ1v) is 9.04. The minimum Gasteiger partial charge on any atom is -0.206 e. The van der Waals surface area contributed by atoms with Crippen LogP contribution >= 0.6 is 0 Å². The summed E-state index contributed by atoms with van der Waals surface area (Å²) in [5, 5.41) is 1.82. The maximum absolute atomic E-state index is 14.4. The van der Waals surface area contributed by atoms with E-state index in [-0.39, 0.29) is 5.82 Å². The van der Waals surface area contributed by atoms with Crippen LogP contribution in [-0.2, 0) is 6.42 Å². The molecular formula is C22H27F. The van der Waals surface area contributed by atoms with Crippen LogP contribution in [0.3, 0.4) is 0 Å². The number of allylic oxidation sites excluding steroid dienone is 1. The Hall–Kier alpha value is -1.63. The SMILES string of the molecule is C=CCCC1CCC(c2ccc3c(F)c(CC)ccc3c2)CC1. The summed E-state index contributed by atoms with van der Waals surface area (Å²) in [5.74, 6) is 1.48. The topological polar surface area (TPSA) is 0 Å². The highest BCUT2D eigenvalue weighted by Crippen LogP contribution is 2.38. The third kappa shape index (κ3) is 3.49. The van der Waals surface area contributed by atoms with Crippen LogP contribution in [0.1, 0.15) is 62.5 Å². The number of rotatable bonds is 5. The van der Waals surface area contributed by atoms with Crippen molar-refractivity contribution in [3.05, 3.63) is 59.9 Å². The summed E-state index contributed by atoms with van der Waals surface area (Å²) < 4.78 is 14.4. The predicted octanol–water partition coefficient (Wildman–Crippen LogP) is 6.78. The molecule has 1 aliphatic rings. The molecule has 0 aromatic heterocycles. The van der Waals surface area contributed by atoms with Crippen molar-refractivity contribution in [2.24, 2.45) is 5.92 Å². The molecule has 2 aromatic rings. The molecular weight excluding hydrogens is 283 g/mol. The van der Waals surface area contributed by atoms with Gasteiger partial charge < -0.3 is 0 Å². The lowest BCUT2D eigenvalue weighted by atomic mass is 9.77. The standard InChI is InChI=1S/C22H27F/c1-3-5-6-16-7-9-18(10-8-16)19-13-14-21-20(15-19)12-11-17(4-2)22(21)23/h3,11-16,18H,1,4-10H2,2H3. The molecule has 0 N–H and O–H groups in total. The molecule has 0 nitrogen and oxygen atoms in total. The van der Waals surface area contributed by atoms with Gasteiger partial charge in [0.1, 0.15) is 5.82 Å². The second-order valence-electron chi connectivity index (χ2n) is 6.96. The van der Waals surface area contributed by atoms with Crippen molar-refractivity contribution in [3.8, 4) is 0 Å². The Morgan fingerprint density at radius 2 is 1.91 bits per heavy atom. The zero-order valence-corrected chi connectivity index (χ0v) is 14.2. The summed E-state index contributed by atoms with van der Waals surface area (Å²) in [6, 6.07) is 10.4. The van der Waals surface area contributed by atoms with Gasteiger partial charge in [0.15, 0.2) is 0 Å². The van der Waals surface area contributed by atoms with Crippen LogP contribution in [0.4, 0.5) is 4.39 Å². The minimum absolute atomic E-state index is 0.0373. The van der Waals surface area contributed by atoms with Crippen molar-refractivity contribution >= 4 is 10.8 Å². The van der Waals surface area contributed by atoms with Gasteiger partial charge in [-0.05, 0) is 73.3 Å². The molecule has 3 rings (SSSR count). The van der Waals surface area contributed by atoms with Crippen LogP contribution in [0.2, 0.25) is 0 Å². The monoisotopic (exact) mass is 310 g/mol. The molecule has 0 unspecified atom stereocenters. The molecule has 0 bridgehead atoms. The normalized spacial score (nSPS) is 21.5. The molecule has 2 aromatic carbocycles. The molecule has 0 saturated heterocycles. The lowest BCUT2D eigenvalue weighted by molar-refractivity contribution is 0.312. The number of aryl methyl sites for hydroxylation is 1. The summed E-state index contributed by atoms with van der Waals surface area (Å²) in [7, 11) is 0. The van der Waals surface area contributed by atoms with Gasteiger partial charge in [-0.15, -0.1) is 6.58 Å². The van der Waals surface area contributed by atoms with Gasteiger partial charge in [-0.25, -0.2) is 4.39 Å². The number of halogens is 1. The first kappa shape index (κ1) is 16.2. The maximum atomic E-state index is 14.4. The zero-order chi connectivity index (χ0) is 16.2. The first-order valence-electron chi connectivity index (χ1n) is 9.04. The van der Waals surface area contributed by atoms with E-state index in [4.69, 9.17) is 0 Å². The molecule has 23 heavy (non-hydrogen) atoms. The number of fused-ring (bicyclic) bond motifs is 1. The van der Waals surface area contributed by atoms with Crippen molar-refractivity contribution in [3.63, 3.8) is 0 Å². The third-order valence-corrected chi connectivity index (χ3v) is 5.54. The van der Waals surface area contributed by atoms with Gasteiger partial charge in [0.2, 0.25) is 0 Å². The third-order valence-electron chi connectivity index (χ3n) is 5.54. The van der Waals surface area contributed by atoms with E-state index in [1.54, 1.807) is 0 Å². The molecule has 0 atom stereocenters. The summed E-state index contributed by atoms with van der Waals surface area (Å²) in [6.45, 7) is 5.83. The quantitative estimate of drug-likeness (QED) is 0.534. The zero-order valence-electron chi connectivity index (χ0n) is 14.2. The highest BCUT2D eigenvalue weighted by molar-refractivity contribution is 5.84. The summed E-state index contributed by atoms with van der Waals surface area (Å²) >= 11 is 0. The predicted molar refractivity (Wildman–Crippen MR) is 97.4 cm³/mol. The van der Waals surface area contributed by atoms with E-state index in [1.807, 2.05) is 25.1 Å². The lowest BCUT2D eigenvalue weighted by Crippen LogP contribution is -2.13. The Morgan fingerprint density at radius 1 is 1.13 bits per heavy atom. The van der Waals surface area contributed by atoms with E-state index in [2.05, 4.69) is 24.8 Å². The molecule has 122 valence electrons. The molecule has 0 amide bonds. The Bertz CT molecular complexity index is 678. The average molecular weight is 310 g/mol. The van der Waals surface area contributed by atoms with Crippen LogP contribution < -0.4 is 0 Å². The fourth-order valence-electron chi connectivity index (χ4n) is 4.02. The van der Waals surface area contributed by atoms with Gasteiger partial charge in [0.05, 0.1) is 0 Å². The molecule has 1 fully saturated rings. The number of benzene rings is 2. The molecule has 0 spiro atoms. The van der Waals surface area contributed by atoms with E-state index in [9.17, 15) is 4.39 Å². The van der Waals surface area contributed by atoms with Crippen molar-refractivity contribution in [1.82, 2.24) is 0 Å². The van der Waals surface area contributed by atoms with Gasteiger partial charge in [-0.2, -0.15) is 0 Å². The van der Waals surface area contributed by atoms with Crippen LogP contribution in [0.15, 0.2) is 43.0 Å². The van der Waals surface area contributed by atoms with E-state index in [1.165, 1.54) is 37.7 Å². The van der Waals surface area contributed by atoms with Crippen LogP contribution in [-0.4, -0.2) is 0 Å². The summed E-state index contributed by atoms with van der Waals surface area (Å²) in [4.78, 5) is 0. The van der Waals surface area contributed by atoms with Crippen molar-refractivity contribution in [2.45, 2.75) is 57.8 Å². The molecule has 1 aliphatic carbocycles. The molecule has 0 radical (unpaired) electrons. The Kier molecular flexibility index (Phi) is 5.15. The lowest BCUT2D eigenvalue weighted by Gasteiger charge is -2.28. The second-order valence-corrected chi connectivity index (χ2v) is 6.96. The number of hydrogen-bond donors (Lipinski definition) is 0. The molecule has 1 heteroatoms. The van der Waals surface area contributed by atoms with Gasteiger partial charge in [-0.3, -0.25) is 0 Å². The van der Waals surface area contributed by atoms with E-state index in [0.29, 0.717) is 5.92 Å². The average Bonchev–Trinajstić information content (AvgIpc) is 2.60. The fraction of sp³-hybridized carbons (Fsp3) is 0.455. The Labute approximate surface area is 139 Å². The summed E-state index contributed by atoms with van der Waals surface area (Å²) in [5.41, 5.74) is 2.20. The van der Waals surface area contributed by atoms with Crippen molar-refractivity contribution in [1.29, 1.82) is 0 Å². The second kappa shape index (κ2) is 7.29. The molecule has 0 aliphatic heterocycles. The minimum atomic E-state index is -0.0373. The van der Waals surface area contributed by atoms with Crippen molar-refractivity contribution < 1.29 is 4.39 Å². The maximum Gasteiger partial charge on any atom is 0.134 e. The smallest absolute Gasteiger partial charge is 0.134 e. The van der Waals surface area contributed by atoms with Crippen LogP contribution in [0.5, 0.6) is 0 Å². The van der Waals surface area contributed by atoms with E-state index in [0.717, 1.165) is 35.1 Å². The van der Waals surface area contributed by atoms with Gasteiger partial charge in [0.25, 0.3) is 0 Å². The highest BCUT2D eigenvalue weighted by Gasteiger charge is 2.22. The number of hydrogen-bond acceptors (Lipinski definition) is 0. The van der Waals surface area contributed by atoms with E-state index < -0.39 is 0 Å². The summed E-state index contributed by atoms with van der Waals surface area (Å²) in [6.07, 6.45) is 10.4. The first-order chi connectivity index (χ1) is 11.2.